The van der Waals surface area contributed by atoms with Crippen molar-refractivity contribution in [2.75, 3.05) is 0 Å². The highest BCUT2D eigenvalue weighted by molar-refractivity contribution is 5.99. The molecule has 27 heteroatoms. The third-order valence-corrected chi connectivity index (χ3v) is 11.3. The van der Waals surface area contributed by atoms with Gasteiger partial charge in [-0.2, -0.15) is 0 Å². The SMILES string of the molecule is Cc1c(F)c(F)c(-n2c(=O)c3cc4c(=O)n(-c5c(F)c(F)c(F)c(F)c5F)c(=O)c4cc3c2=O)c(F)c1F.O=c1c2cc3c(=O)n(-c4cc(F)c(F)c(F)c4)c(=O)c3cc2c(=O)n1-c1cc(F)c(F)c(F)c1. The van der Waals surface area contributed by atoms with Crippen molar-refractivity contribution in [1.29, 1.82) is 0 Å². The minimum absolute atomic E-state index is 0.285. The molecular weight excluding hydrogens is 1010 g/mol. The van der Waals surface area contributed by atoms with Gasteiger partial charge >= 0.3 is 0 Å². The highest BCUT2D eigenvalue weighted by Crippen LogP contribution is 2.29. The molecule has 0 unspecified atom stereocenters. The molecule has 0 saturated carbocycles. The number of hydrogen-bond acceptors (Lipinski definition) is 8. The summed E-state index contributed by atoms with van der Waals surface area (Å²) in [5, 5.41) is -5.00. The Bertz CT molecular complexity index is 4080. The van der Waals surface area contributed by atoms with E-state index in [9.17, 15) is 104 Å². The maximum atomic E-state index is 14.5. The predicted molar refractivity (Wildman–Crippen MR) is 219 cm³/mol. The molecule has 4 aromatic heterocycles. The van der Waals surface area contributed by atoms with Crippen LogP contribution in [0, 0.1) is 94.2 Å². The quantitative estimate of drug-likeness (QED) is 0.115. The Hall–Kier alpha value is -9.17. The Balaban J connectivity index is 0.000000179. The predicted octanol–water partition coefficient (Wildman–Crippen LogP) is 6.18. The summed E-state index contributed by atoms with van der Waals surface area (Å²) in [5.74, 6) is -30.9. The van der Waals surface area contributed by atoms with Crippen LogP contribution in [-0.2, 0) is 0 Å². The zero-order chi connectivity index (χ0) is 52.8. The second-order valence-electron chi connectivity index (χ2n) is 15.3. The summed E-state index contributed by atoms with van der Waals surface area (Å²) in [6.45, 7) is 0.682. The molecule has 0 aliphatic carbocycles. The van der Waals surface area contributed by atoms with Gasteiger partial charge in [-0.3, -0.25) is 38.4 Å². The van der Waals surface area contributed by atoms with E-state index in [1.165, 1.54) is 0 Å². The zero-order valence-electron chi connectivity index (χ0n) is 34.3. The van der Waals surface area contributed by atoms with Gasteiger partial charge < -0.3 is 0 Å². The van der Waals surface area contributed by atoms with E-state index in [-0.39, 0.29) is 4.57 Å². The van der Waals surface area contributed by atoms with Crippen LogP contribution in [0.1, 0.15) is 5.56 Å². The lowest BCUT2D eigenvalue weighted by atomic mass is 10.1. The maximum absolute atomic E-state index is 14.5. The smallest absolute Gasteiger partial charge is 0.266 e. The molecule has 0 N–H and O–H groups in total. The summed E-state index contributed by atoms with van der Waals surface area (Å²) in [5.41, 5.74) is -17.1. The second-order valence-corrected chi connectivity index (χ2v) is 15.3. The van der Waals surface area contributed by atoms with Crippen LogP contribution in [0.2, 0.25) is 0 Å². The molecule has 0 fully saturated rings. The van der Waals surface area contributed by atoms with Gasteiger partial charge in [0.2, 0.25) is 5.82 Å². The first-order valence-corrected chi connectivity index (χ1v) is 19.3. The third-order valence-electron chi connectivity index (χ3n) is 11.3. The Labute approximate surface area is 380 Å². The summed E-state index contributed by atoms with van der Waals surface area (Å²) in [7, 11) is 0. The first-order valence-electron chi connectivity index (χ1n) is 19.3. The molecule has 10 rings (SSSR count). The van der Waals surface area contributed by atoms with E-state index in [1.807, 2.05) is 0 Å². The van der Waals surface area contributed by atoms with Crippen molar-refractivity contribution in [3.8, 4) is 22.7 Å². The standard InChI is InChI=1S/C23H5F9N2O4.C22H6F6N2O4/c1-4-9(24)14(29)18(15(30)10(4)25)33-20(35)5-2-7-8(3-6(5)21(33)36)23(38)34(22(7)37)19-16(31)12(27)11(26)13(28)17(19)32;23-13-1-7(2-14(24)17(13)27)29-19(31)9-5-11-12(6-10(9)20(29)32)22(34)30(21(11)33)8-3-15(25)18(28)16(26)4-8/h2-3H,1H3;1-6H. The average molecular weight is 1020 g/mol. The summed E-state index contributed by atoms with van der Waals surface area (Å²) in [4.78, 5) is 102. The molecule has 6 aromatic carbocycles. The Kier molecular flexibility index (Phi) is 10.8. The lowest BCUT2D eigenvalue weighted by Gasteiger charge is -2.09. The largest absolute Gasteiger partial charge is 0.268 e. The topological polar surface area (TPSA) is 156 Å². The molecule has 0 bridgehead atoms. The summed E-state index contributed by atoms with van der Waals surface area (Å²) >= 11 is 0. The van der Waals surface area contributed by atoms with Crippen molar-refractivity contribution in [2.24, 2.45) is 0 Å². The molecule has 0 atom stereocenters. The molecule has 0 spiro atoms. The average Bonchev–Trinajstić information content (AvgIpc) is 3.93. The van der Waals surface area contributed by atoms with Gasteiger partial charge in [-0.05, 0) is 31.2 Å². The van der Waals surface area contributed by atoms with Crippen molar-refractivity contribution in [2.45, 2.75) is 6.92 Å². The summed E-state index contributed by atoms with van der Waals surface area (Å²) in [6.07, 6.45) is 0. The minimum Gasteiger partial charge on any atom is -0.268 e. The normalized spacial score (nSPS) is 11.8. The molecule has 12 nitrogen and oxygen atoms in total. The van der Waals surface area contributed by atoms with Gasteiger partial charge in [0, 0.05) is 29.8 Å². The highest BCUT2D eigenvalue weighted by atomic mass is 19.2. The lowest BCUT2D eigenvalue weighted by molar-refractivity contribution is 0.375. The summed E-state index contributed by atoms with van der Waals surface area (Å²) < 4.78 is 207. The van der Waals surface area contributed by atoms with E-state index in [4.69, 9.17) is 0 Å². The van der Waals surface area contributed by atoms with E-state index in [0.717, 1.165) is 12.1 Å². The van der Waals surface area contributed by atoms with Crippen LogP contribution in [-0.4, -0.2) is 18.3 Å². The van der Waals surface area contributed by atoms with E-state index in [0.29, 0.717) is 52.5 Å². The van der Waals surface area contributed by atoms with E-state index >= 15 is 0 Å². The van der Waals surface area contributed by atoms with Crippen LogP contribution in [0.3, 0.4) is 0 Å². The van der Waals surface area contributed by atoms with Crippen LogP contribution in [0.25, 0.3) is 65.8 Å². The fourth-order valence-electron chi connectivity index (χ4n) is 7.88. The highest BCUT2D eigenvalue weighted by Gasteiger charge is 2.33. The molecule has 0 radical (unpaired) electrons. The van der Waals surface area contributed by atoms with Crippen molar-refractivity contribution in [3.05, 3.63) is 224 Å². The van der Waals surface area contributed by atoms with Gasteiger partial charge in [-0.15, -0.1) is 0 Å². The number of fused-ring (bicyclic) bond motifs is 4. The monoisotopic (exact) mass is 1020 g/mol. The number of rotatable bonds is 4. The van der Waals surface area contributed by atoms with Crippen LogP contribution < -0.4 is 44.5 Å². The molecule has 0 saturated heterocycles. The van der Waals surface area contributed by atoms with Crippen LogP contribution in [0.5, 0.6) is 0 Å². The number of nitrogens with zero attached hydrogens (tertiary/aromatic N) is 4. The van der Waals surface area contributed by atoms with E-state index in [1.54, 1.807) is 0 Å². The molecule has 72 heavy (non-hydrogen) atoms. The minimum atomic E-state index is -2.57. The molecular formula is C45H11F15N4O8. The van der Waals surface area contributed by atoms with Crippen LogP contribution in [0.15, 0.2) is 86.9 Å². The Morgan fingerprint density at radius 2 is 0.444 bits per heavy atom. The molecule has 364 valence electrons. The first kappa shape index (κ1) is 47.9. The van der Waals surface area contributed by atoms with Gasteiger partial charge in [-0.1, -0.05) is 0 Å². The molecule has 4 heterocycles. The number of benzene rings is 6. The van der Waals surface area contributed by atoms with E-state index in [2.05, 4.69) is 0 Å². The number of hydrogen-bond donors (Lipinski definition) is 0. The van der Waals surface area contributed by atoms with Crippen molar-refractivity contribution in [1.82, 2.24) is 18.3 Å². The lowest BCUT2D eigenvalue weighted by Crippen LogP contribution is -2.27. The Morgan fingerprint density at radius 1 is 0.250 bits per heavy atom. The number of halogens is 15. The molecule has 0 amide bonds. The molecule has 0 aliphatic rings. The van der Waals surface area contributed by atoms with Crippen LogP contribution >= 0.6 is 0 Å². The van der Waals surface area contributed by atoms with Crippen LogP contribution in [0.4, 0.5) is 65.9 Å². The summed E-state index contributed by atoms with van der Waals surface area (Å²) in [6, 6.07) is 4.41. The zero-order valence-corrected chi connectivity index (χ0v) is 34.3. The molecule has 0 aliphatic heterocycles. The fraction of sp³-hybridized carbons (Fsp3) is 0.0222. The van der Waals surface area contributed by atoms with Gasteiger partial charge in [-0.25, -0.2) is 84.1 Å². The van der Waals surface area contributed by atoms with Gasteiger partial charge in [0.1, 0.15) is 11.4 Å². The maximum Gasteiger partial charge on any atom is 0.266 e. The molecule has 10 aromatic rings. The van der Waals surface area contributed by atoms with Crippen molar-refractivity contribution >= 4 is 43.1 Å². The van der Waals surface area contributed by atoms with Crippen molar-refractivity contribution in [3.63, 3.8) is 0 Å². The van der Waals surface area contributed by atoms with Gasteiger partial charge in [0.05, 0.1) is 54.5 Å². The van der Waals surface area contributed by atoms with Gasteiger partial charge in [0.25, 0.3) is 44.5 Å². The van der Waals surface area contributed by atoms with E-state index < -0.39 is 208 Å². The second kappa shape index (κ2) is 16.2. The third kappa shape index (κ3) is 6.51. The van der Waals surface area contributed by atoms with Crippen molar-refractivity contribution < 1.29 is 65.9 Å². The first-order chi connectivity index (χ1) is 33.7. The Morgan fingerprint density at radius 3 is 0.681 bits per heavy atom. The van der Waals surface area contributed by atoms with Gasteiger partial charge in [0.15, 0.2) is 81.4 Å². The fourth-order valence-corrected chi connectivity index (χ4v) is 7.88. The number of aromatic nitrogens is 4.